The summed E-state index contributed by atoms with van der Waals surface area (Å²) in [7, 11) is 3.07. The van der Waals surface area contributed by atoms with Gasteiger partial charge in [-0.3, -0.25) is 9.69 Å². The Morgan fingerprint density at radius 1 is 1.00 bits per heavy atom. The molecule has 1 aliphatic carbocycles. The van der Waals surface area contributed by atoms with Crippen molar-refractivity contribution in [3.8, 4) is 5.75 Å². The third kappa shape index (κ3) is 5.07. The first-order valence-corrected chi connectivity index (χ1v) is 12.0. The molecule has 8 heteroatoms. The molecule has 0 bridgehead atoms. The molecule has 0 unspecified atom stereocenters. The van der Waals surface area contributed by atoms with Gasteiger partial charge >= 0.3 is 5.97 Å². The van der Waals surface area contributed by atoms with Crippen LogP contribution in [-0.2, 0) is 22.4 Å². The number of methoxy groups -OCH3 is 2. The van der Waals surface area contributed by atoms with E-state index in [1.54, 1.807) is 18.4 Å². The molecule has 4 rings (SSSR count). The van der Waals surface area contributed by atoms with Gasteiger partial charge < -0.3 is 19.7 Å². The fraction of sp³-hybridized carbons (Fsp3) is 0.500. The zero-order valence-corrected chi connectivity index (χ0v) is 19.6. The predicted octanol–water partition coefficient (Wildman–Crippen LogP) is 3.57. The second kappa shape index (κ2) is 10.4. The SMILES string of the molecule is COC(=O)c1c(NC(=O)CN2CCN(c3ccc(OC)cc3)CC2)sc2c1CCCCC2. The first-order valence-electron chi connectivity index (χ1n) is 11.2. The highest BCUT2D eigenvalue weighted by Gasteiger charge is 2.27. The van der Waals surface area contributed by atoms with Gasteiger partial charge in [0.2, 0.25) is 5.91 Å². The molecule has 1 fully saturated rings. The van der Waals surface area contributed by atoms with Crippen LogP contribution in [0.4, 0.5) is 10.7 Å². The number of nitrogens with zero attached hydrogens (tertiary/aromatic N) is 2. The van der Waals surface area contributed by atoms with Crippen LogP contribution >= 0.6 is 11.3 Å². The zero-order chi connectivity index (χ0) is 22.5. The van der Waals surface area contributed by atoms with Gasteiger partial charge in [0.1, 0.15) is 10.8 Å². The van der Waals surface area contributed by atoms with E-state index in [0.717, 1.165) is 68.9 Å². The van der Waals surface area contributed by atoms with Crippen LogP contribution in [0.3, 0.4) is 0 Å². The van der Waals surface area contributed by atoms with Crippen molar-refractivity contribution >= 4 is 33.9 Å². The number of piperazine rings is 1. The van der Waals surface area contributed by atoms with E-state index < -0.39 is 0 Å². The summed E-state index contributed by atoms with van der Waals surface area (Å²) < 4.78 is 10.3. The van der Waals surface area contributed by atoms with Gasteiger partial charge in [-0.15, -0.1) is 11.3 Å². The van der Waals surface area contributed by atoms with Crippen molar-refractivity contribution in [1.82, 2.24) is 4.90 Å². The predicted molar refractivity (Wildman–Crippen MR) is 127 cm³/mol. The third-order valence-corrected chi connectivity index (χ3v) is 7.45. The maximum absolute atomic E-state index is 12.8. The van der Waals surface area contributed by atoms with Gasteiger partial charge in [-0.2, -0.15) is 0 Å². The summed E-state index contributed by atoms with van der Waals surface area (Å²) >= 11 is 1.54. The largest absolute Gasteiger partial charge is 0.497 e. The Morgan fingerprint density at radius 3 is 2.41 bits per heavy atom. The van der Waals surface area contributed by atoms with E-state index in [-0.39, 0.29) is 11.9 Å². The first kappa shape index (κ1) is 22.6. The van der Waals surface area contributed by atoms with Crippen molar-refractivity contribution in [2.75, 3.05) is 57.2 Å². The molecule has 0 atom stereocenters. The quantitative estimate of drug-likeness (QED) is 0.528. The number of amides is 1. The van der Waals surface area contributed by atoms with Gasteiger partial charge in [0.25, 0.3) is 0 Å². The number of esters is 1. The summed E-state index contributed by atoms with van der Waals surface area (Å²) in [5.74, 6) is 0.415. The molecule has 1 aromatic carbocycles. The second-order valence-electron chi connectivity index (χ2n) is 8.27. The summed E-state index contributed by atoms with van der Waals surface area (Å²) in [6.45, 7) is 3.66. The van der Waals surface area contributed by atoms with Crippen LogP contribution in [0.2, 0.25) is 0 Å². The lowest BCUT2D eigenvalue weighted by Crippen LogP contribution is -2.48. The van der Waals surface area contributed by atoms with Crippen LogP contribution in [0.1, 0.15) is 40.1 Å². The minimum atomic E-state index is -0.354. The van der Waals surface area contributed by atoms with Crippen LogP contribution < -0.4 is 15.0 Å². The van der Waals surface area contributed by atoms with Crippen molar-refractivity contribution in [1.29, 1.82) is 0 Å². The minimum absolute atomic E-state index is 0.0792. The number of ether oxygens (including phenoxy) is 2. The highest BCUT2D eigenvalue weighted by Crippen LogP contribution is 2.38. The van der Waals surface area contributed by atoms with Gasteiger partial charge in [-0.25, -0.2) is 4.79 Å². The molecule has 1 amide bonds. The Labute approximate surface area is 193 Å². The Morgan fingerprint density at radius 2 is 1.72 bits per heavy atom. The topological polar surface area (TPSA) is 71.1 Å². The Kier molecular flexibility index (Phi) is 7.32. The summed E-state index contributed by atoms with van der Waals surface area (Å²) in [6, 6.07) is 8.07. The molecule has 32 heavy (non-hydrogen) atoms. The monoisotopic (exact) mass is 457 g/mol. The molecule has 2 aliphatic rings. The van der Waals surface area contributed by atoms with Gasteiger partial charge in [-0.05, 0) is 55.5 Å². The van der Waals surface area contributed by atoms with Crippen LogP contribution in [-0.4, -0.2) is 63.7 Å². The van der Waals surface area contributed by atoms with E-state index in [1.807, 2.05) is 12.1 Å². The molecular weight excluding hydrogens is 426 g/mol. The van der Waals surface area contributed by atoms with Gasteiger partial charge in [0.05, 0.1) is 26.3 Å². The standard InChI is InChI=1S/C24H31N3O4S/c1-30-18-10-8-17(9-11-18)27-14-12-26(13-15-27)16-21(28)25-23-22(24(29)31-2)19-6-4-3-5-7-20(19)32-23/h8-11H,3-7,12-16H2,1-2H3,(H,25,28). The van der Waals surface area contributed by atoms with Gasteiger partial charge in [-0.1, -0.05) is 6.42 Å². The lowest BCUT2D eigenvalue weighted by molar-refractivity contribution is -0.117. The molecule has 1 aromatic heterocycles. The van der Waals surface area contributed by atoms with Crippen LogP contribution in [0.25, 0.3) is 0 Å². The number of aryl methyl sites for hydroxylation is 1. The van der Waals surface area contributed by atoms with E-state index >= 15 is 0 Å². The summed E-state index contributed by atoms with van der Waals surface area (Å²) in [5, 5.41) is 3.66. The smallest absolute Gasteiger partial charge is 0.341 e. The Hall–Kier alpha value is -2.58. The number of thiophene rings is 1. The average molecular weight is 458 g/mol. The number of benzene rings is 1. The molecule has 172 valence electrons. The van der Waals surface area contributed by atoms with Crippen molar-refractivity contribution in [3.05, 3.63) is 40.3 Å². The number of carbonyl (C=O) groups excluding carboxylic acids is 2. The van der Waals surface area contributed by atoms with E-state index in [0.29, 0.717) is 17.1 Å². The average Bonchev–Trinajstić information content (AvgIpc) is 2.99. The number of nitrogens with one attached hydrogen (secondary N) is 1. The molecule has 0 saturated carbocycles. The number of hydrogen-bond acceptors (Lipinski definition) is 7. The number of carbonyl (C=O) groups is 2. The molecule has 0 spiro atoms. The van der Waals surface area contributed by atoms with Crippen molar-refractivity contribution < 1.29 is 19.1 Å². The Bertz CT molecular complexity index is 949. The molecule has 1 saturated heterocycles. The molecule has 0 radical (unpaired) electrons. The van der Waals surface area contributed by atoms with Crippen molar-refractivity contribution in [2.45, 2.75) is 32.1 Å². The molecule has 2 aromatic rings. The second-order valence-corrected chi connectivity index (χ2v) is 9.37. The van der Waals surface area contributed by atoms with Gasteiger partial charge in [0.15, 0.2) is 0 Å². The highest BCUT2D eigenvalue weighted by atomic mass is 32.1. The molecule has 1 N–H and O–H groups in total. The summed E-state index contributed by atoms with van der Waals surface area (Å²) in [4.78, 5) is 31.0. The number of fused-ring (bicyclic) bond motifs is 1. The molecule has 7 nitrogen and oxygen atoms in total. The van der Waals surface area contributed by atoms with Crippen LogP contribution in [0, 0.1) is 0 Å². The third-order valence-electron chi connectivity index (χ3n) is 6.24. The molecular formula is C24H31N3O4S. The number of anilines is 2. The van der Waals surface area contributed by atoms with E-state index in [4.69, 9.17) is 9.47 Å². The van der Waals surface area contributed by atoms with Gasteiger partial charge in [0, 0.05) is 36.7 Å². The zero-order valence-electron chi connectivity index (χ0n) is 18.8. The fourth-order valence-electron chi connectivity index (χ4n) is 4.48. The molecule has 1 aliphatic heterocycles. The van der Waals surface area contributed by atoms with Crippen molar-refractivity contribution in [3.63, 3.8) is 0 Å². The van der Waals surface area contributed by atoms with Crippen LogP contribution in [0.5, 0.6) is 5.75 Å². The van der Waals surface area contributed by atoms with Crippen LogP contribution in [0.15, 0.2) is 24.3 Å². The fourth-order valence-corrected chi connectivity index (χ4v) is 5.77. The highest BCUT2D eigenvalue weighted by molar-refractivity contribution is 7.17. The van der Waals surface area contributed by atoms with E-state index in [1.165, 1.54) is 18.4 Å². The Balaban J connectivity index is 1.36. The lowest BCUT2D eigenvalue weighted by Gasteiger charge is -2.35. The first-order chi connectivity index (χ1) is 15.6. The summed E-state index contributed by atoms with van der Waals surface area (Å²) in [5.41, 5.74) is 2.80. The van der Waals surface area contributed by atoms with E-state index in [2.05, 4.69) is 27.2 Å². The molecule has 2 heterocycles. The minimum Gasteiger partial charge on any atom is -0.497 e. The van der Waals surface area contributed by atoms with Crippen molar-refractivity contribution in [2.24, 2.45) is 0 Å². The maximum Gasteiger partial charge on any atom is 0.341 e. The lowest BCUT2D eigenvalue weighted by atomic mass is 10.1. The maximum atomic E-state index is 12.8. The summed E-state index contributed by atoms with van der Waals surface area (Å²) in [6.07, 6.45) is 5.21. The number of rotatable bonds is 6. The van der Waals surface area contributed by atoms with E-state index in [9.17, 15) is 9.59 Å². The number of hydrogen-bond donors (Lipinski definition) is 1. The normalized spacial score (nSPS) is 16.8.